The number of aromatic nitrogens is 2. The SMILES string of the molecule is Cc1[nH]cnc1CSCCNC1=NCN(Cc2ccccc2)CC1[N+](=O)[O-]. The van der Waals surface area contributed by atoms with E-state index in [9.17, 15) is 10.1 Å². The molecule has 0 aliphatic carbocycles. The third-order valence-corrected chi connectivity index (χ3v) is 5.39. The van der Waals surface area contributed by atoms with E-state index >= 15 is 0 Å². The summed E-state index contributed by atoms with van der Waals surface area (Å²) >= 11 is 1.75. The molecule has 0 fully saturated rings. The predicted octanol–water partition coefficient (Wildman–Crippen LogP) is 2.06. The molecular weight excluding hydrogens is 364 g/mol. The number of aromatic amines is 1. The lowest BCUT2D eigenvalue weighted by molar-refractivity contribution is -0.504. The van der Waals surface area contributed by atoms with Gasteiger partial charge < -0.3 is 10.3 Å². The summed E-state index contributed by atoms with van der Waals surface area (Å²) in [6, 6.07) is 9.16. The maximum atomic E-state index is 11.5. The number of nitrogens with one attached hydrogen (secondary N) is 2. The molecule has 9 heteroatoms. The molecule has 0 saturated heterocycles. The number of aliphatic imine (C=N–C) groups is 1. The molecule has 0 radical (unpaired) electrons. The molecular formula is C18H24N6O2S. The van der Waals surface area contributed by atoms with E-state index in [1.807, 2.05) is 42.2 Å². The highest BCUT2D eigenvalue weighted by Crippen LogP contribution is 2.13. The molecule has 144 valence electrons. The van der Waals surface area contributed by atoms with Gasteiger partial charge in [0.25, 0.3) is 6.04 Å². The minimum atomic E-state index is -0.805. The molecule has 0 saturated carbocycles. The van der Waals surface area contributed by atoms with Crippen molar-refractivity contribution in [3.05, 3.63) is 63.7 Å². The van der Waals surface area contributed by atoms with E-state index in [-0.39, 0.29) is 4.92 Å². The van der Waals surface area contributed by atoms with Crippen molar-refractivity contribution in [3.63, 3.8) is 0 Å². The quantitative estimate of drug-likeness (QED) is 0.408. The van der Waals surface area contributed by atoms with Crippen LogP contribution in [0.4, 0.5) is 0 Å². The Balaban J connectivity index is 1.47. The molecule has 27 heavy (non-hydrogen) atoms. The van der Waals surface area contributed by atoms with Crippen LogP contribution >= 0.6 is 11.8 Å². The Bertz CT molecular complexity index is 779. The molecule has 0 bridgehead atoms. The molecule has 3 rings (SSSR count). The van der Waals surface area contributed by atoms with Crippen LogP contribution in [-0.2, 0) is 12.3 Å². The molecule has 0 amide bonds. The van der Waals surface area contributed by atoms with Crippen molar-refractivity contribution in [2.45, 2.75) is 25.3 Å². The number of amidine groups is 1. The highest BCUT2D eigenvalue weighted by atomic mass is 32.2. The summed E-state index contributed by atoms with van der Waals surface area (Å²) in [4.78, 5) is 25.0. The van der Waals surface area contributed by atoms with Gasteiger partial charge in [0.1, 0.15) is 0 Å². The highest BCUT2D eigenvalue weighted by Gasteiger charge is 2.33. The fourth-order valence-corrected chi connectivity index (χ4v) is 3.79. The van der Waals surface area contributed by atoms with E-state index in [0.29, 0.717) is 32.1 Å². The monoisotopic (exact) mass is 388 g/mol. The minimum absolute atomic E-state index is 0.247. The number of H-pyrrole nitrogens is 1. The van der Waals surface area contributed by atoms with Crippen LogP contribution in [0.15, 0.2) is 41.7 Å². The van der Waals surface area contributed by atoms with Crippen LogP contribution in [0, 0.1) is 17.0 Å². The zero-order valence-corrected chi connectivity index (χ0v) is 16.1. The Morgan fingerprint density at radius 2 is 2.22 bits per heavy atom. The van der Waals surface area contributed by atoms with Gasteiger partial charge in [0.2, 0.25) is 0 Å². The van der Waals surface area contributed by atoms with Crippen LogP contribution in [-0.4, -0.2) is 57.2 Å². The maximum Gasteiger partial charge on any atom is 0.281 e. The van der Waals surface area contributed by atoms with Crippen LogP contribution in [0.3, 0.4) is 0 Å². The number of benzene rings is 1. The van der Waals surface area contributed by atoms with Gasteiger partial charge in [0.15, 0.2) is 5.84 Å². The van der Waals surface area contributed by atoms with Gasteiger partial charge in [-0.15, -0.1) is 0 Å². The number of hydrogen-bond donors (Lipinski definition) is 2. The summed E-state index contributed by atoms with van der Waals surface area (Å²) in [5.41, 5.74) is 3.27. The van der Waals surface area contributed by atoms with Crippen molar-refractivity contribution in [2.75, 3.05) is 25.5 Å². The highest BCUT2D eigenvalue weighted by molar-refractivity contribution is 7.98. The molecule has 8 nitrogen and oxygen atoms in total. The van der Waals surface area contributed by atoms with E-state index in [4.69, 9.17) is 0 Å². The first-order valence-electron chi connectivity index (χ1n) is 8.88. The molecule has 1 unspecified atom stereocenters. The van der Waals surface area contributed by atoms with Gasteiger partial charge in [-0.25, -0.2) is 4.98 Å². The standard InChI is InChI=1S/C18H24N6O2S/c1-14-16(21-12-20-14)11-27-8-7-19-18-17(24(25)26)10-23(13-22-18)9-15-5-3-2-4-6-15/h2-6,12,17H,7-11,13H2,1H3,(H,19,22)(H,20,21). The second-order valence-electron chi connectivity index (χ2n) is 6.44. The lowest BCUT2D eigenvalue weighted by atomic mass is 10.1. The van der Waals surface area contributed by atoms with Crippen molar-refractivity contribution in [2.24, 2.45) is 4.99 Å². The molecule has 1 atom stereocenters. The Hall–Kier alpha value is -2.39. The number of nitrogens with zero attached hydrogens (tertiary/aromatic N) is 4. The number of imidazole rings is 1. The van der Waals surface area contributed by atoms with Crippen LogP contribution in [0.2, 0.25) is 0 Å². The van der Waals surface area contributed by atoms with Gasteiger partial charge in [-0.1, -0.05) is 30.3 Å². The normalized spacial score (nSPS) is 17.5. The van der Waals surface area contributed by atoms with Crippen LogP contribution in [0.5, 0.6) is 0 Å². The Labute approximate surface area is 162 Å². The summed E-state index contributed by atoms with van der Waals surface area (Å²) < 4.78 is 0. The number of aryl methyl sites for hydroxylation is 1. The zero-order chi connectivity index (χ0) is 19.1. The van der Waals surface area contributed by atoms with Crippen LogP contribution in [0.1, 0.15) is 17.0 Å². The minimum Gasteiger partial charge on any atom is -0.367 e. The van der Waals surface area contributed by atoms with E-state index < -0.39 is 6.04 Å². The Morgan fingerprint density at radius 3 is 2.93 bits per heavy atom. The molecule has 1 aromatic heterocycles. The first-order valence-corrected chi connectivity index (χ1v) is 10.0. The summed E-state index contributed by atoms with van der Waals surface area (Å²) in [6.07, 6.45) is 1.70. The Kier molecular flexibility index (Phi) is 6.83. The molecule has 1 aliphatic rings. The lowest BCUT2D eigenvalue weighted by Gasteiger charge is -2.27. The number of nitro groups is 1. The first kappa shape index (κ1) is 19.4. The summed E-state index contributed by atoms with van der Waals surface area (Å²) in [5, 5.41) is 14.7. The van der Waals surface area contributed by atoms with Crippen LogP contribution < -0.4 is 5.32 Å². The fourth-order valence-electron chi connectivity index (χ4n) is 2.92. The van der Waals surface area contributed by atoms with Gasteiger partial charge in [-0.05, 0) is 12.5 Å². The third kappa shape index (κ3) is 5.54. The van der Waals surface area contributed by atoms with E-state index in [1.54, 1.807) is 18.1 Å². The van der Waals surface area contributed by atoms with Gasteiger partial charge >= 0.3 is 0 Å². The van der Waals surface area contributed by atoms with Crippen molar-refractivity contribution < 1.29 is 4.92 Å². The predicted molar refractivity (Wildman–Crippen MR) is 107 cm³/mol. The summed E-state index contributed by atoms with van der Waals surface area (Å²) in [6.45, 7) is 4.16. The van der Waals surface area contributed by atoms with Gasteiger partial charge in [0.05, 0.1) is 25.2 Å². The van der Waals surface area contributed by atoms with E-state index in [0.717, 1.165) is 28.5 Å². The average molecular weight is 388 g/mol. The lowest BCUT2D eigenvalue weighted by Crippen LogP contribution is -2.51. The zero-order valence-electron chi connectivity index (χ0n) is 15.3. The molecule has 2 heterocycles. The number of thioether (sulfide) groups is 1. The second-order valence-corrected chi connectivity index (χ2v) is 7.54. The topological polar surface area (TPSA) is 99.5 Å². The van der Waals surface area contributed by atoms with Gasteiger partial charge in [-0.3, -0.25) is 20.0 Å². The second kappa shape index (κ2) is 9.52. The summed E-state index contributed by atoms with van der Waals surface area (Å²) in [7, 11) is 0. The van der Waals surface area contributed by atoms with E-state index in [1.165, 1.54) is 0 Å². The van der Waals surface area contributed by atoms with Crippen molar-refractivity contribution >= 4 is 17.6 Å². The number of rotatable bonds is 8. The Morgan fingerprint density at radius 1 is 1.41 bits per heavy atom. The first-order chi connectivity index (χ1) is 13.1. The van der Waals surface area contributed by atoms with E-state index in [2.05, 4.69) is 20.3 Å². The third-order valence-electron chi connectivity index (χ3n) is 4.42. The largest absolute Gasteiger partial charge is 0.367 e. The van der Waals surface area contributed by atoms with Gasteiger partial charge in [-0.2, -0.15) is 11.8 Å². The number of hydrogen-bond acceptors (Lipinski definition) is 7. The van der Waals surface area contributed by atoms with Gasteiger partial charge in [0, 0.05) is 35.2 Å². The molecule has 0 spiro atoms. The molecule has 2 aromatic rings. The van der Waals surface area contributed by atoms with Crippen molar-refractivity contribution in [3.8, 4) is 0 Å². The van der Waals surface area contributed by atoms with Crippen molar-refractivity contribution in [1.29, 1.82) is 0 Å². The maximum absolute atomic E-state index is 11.5. The molecule has 2 N–H and O–H groups in total. The average Bonchev–Trinajstić information content (AvgIpc) is 3.08. The molecule has 1 aromatic carbocycles. The summed E-state index contributed by atoms with van der Waals surface area (Å²) in [5.74, 6) is 2.15. The van der Waals surface area contributed by atoms with Crippen LogP contribution in [0.25, 0.3) is 0 Å². The smallest absolute Gasteiger partial charge is 0.281 e. The molecule has 1 aliphatic heterocycles. The fraction of sp³-hybridized carbons (Fsp3) is 0.444. The van der Waals surface area contributed by atoms with Crippen molar-refractivity contribution in [1.82, 2.24) is 20.2 Å².